The molecule has 1 spiro atoms. The van der Waals surface area contributed by atoms with Gasteiger partial charge in [0, 0.05) is 0 Å². The molecule has 17 heavy (non-hydrogen) atoms. The minimum atomic E-state index is -0.626. The molecular weight excluding hydrogens is 218 g/mol. The van der Waals surface area contributed by atoms with Gasteiger partial charge in [0.1, 0.15) is 0 Å². The van der Waals surface area contributed by atoms with Crippen molar-refractivity contribution < 1.29 is 13.9 Å². The van der Waals surface area contributed by atoms with Crippen molar-refractivity contribution >= 4 is 11.9 Å². The van der Waals surface area contributed by atoms with Crippen molar-refractivity contribution in [1.82, 2.24) is 0 Å². The number of furan rings is 1. The van der Waals surface area contributed by atoms with E-state index in [2.05, 4.69) is 4.99 Å². The zero-order valence-electron chi connectivity index (χ0n) is 9.65. The number of rotatable bonds is 1. The van der Waals surface area contributed by atoms with Crippen LogP contribution in [-0.2, 0) is 9.53 Å². The minimum absolute atomic E-state index is 0.203. The first-order valence-electron chi connectivity index (χ1n) is 6.16. The summed E-state index contributed by atoms with van der Waals surface area (Å²) in [5.74, 6) is 0.687. The number of nitrogens with zero attached hydrogens (tertiary/aromatic N) is 1. The maximum Gasteiger partial charge on any atom is 0.341 e. The predicted molar refractivity (Wildman–Crippen MR) is 61.8 cm³/mol. The normalized spacial score (nSPS) is 23.3. The van der Waals surface area contributed by atoms with E-state index in [0.29, 0.717) is 11.7 Å². The smallest absolute Gasteiger partial charge is 0.341 e. The van der Waals surface area contributed by atoms with Crippen molar-refractivity contribution in [1.29, 1.82) is 0 Å². The van der Waals surface area contributed by atoms with Gasteiger partial charge in [-0.3, -0.25) is 0 Å². The molecule has 1 aromatic rings. The van der Waals surface area contributed by atoms with Crippen LogP contribution in [0.4, 0.5) is 0 Å². The molecule has 1 fully saturated rings. The average molecular weight is 233 g/mol. The Morgan fingerprint density at radius 3 is 2.59 bits per heavy atom. The molecule has 1 aliphatic heterocycles. The lowest BCUT2D eigenvalue weighted by molar-refractivity contribution is -0.139. The van der Waals surface area contributed by atoms with E-state index in [1.54, 1.807) is 18.4 Å². The van der Waals surface area contributed by atoms with Crippen molar-refractivity contribution in [3.63, 3.8) is 0 Å². The second-order valence-corrected chi connectivity index (χ2v) is 4.73. The first kappa shape index (κ1) is 10.6. The van der Waals surface area contributed by atoms with Crippen molar-refractivity contribution in [2.45, 2.75) is 44.1 Å². The Labute approximate surface area is 99.7 Å². The van der Waals surface area contributed by atoms with Crippen LogP contribution in [0.2, 0.25) is 0 Å². The van der Waals surface area contributed by atoms with Crippen LogP contribution in [0.3, 0.4) is 0 Å². The quantitative estimate of drug-likeness (QED) is 0.701. The fraction of sp³-hybridized carbons (Fsp3) is 0.538. The fourth-order valence-electron chi connectivity index (χ4n) is 2.58. The maximum atomic E-state index is 12.0. The van der Waals surface area contributed by atoms with E-state index in [-0.39, 0.29) is 5.97 Å². The fourth-order valence-corrected chi connectivity index (χ4v) is 2.58. The van der Waals surface area contributed by atoms with Crippen LogP contribution >= 0.6 is 0 Å². The number of carbonyl (C=O) groups excluding carboxylic acids is 1. The van der Waals surface area contributed by atoms with E-state index < -0.39 is 5.54 Å². The summed E-state index contributed by atoms with van der Waals surface area (Å²) >= 11 is 0. The molecule has 0 saturated heterocycles. The van der Waals surface area contributed by atoms with Crippen molar-refractivity contribution in [2.75, 3.05) is 0 Å². The number of hydrogen-bond acceptors (Lipinski definition) is 4. The standard InChI is InChI=1S/C13H15NO3/c15-12-13(7-3-1-2-4-8-13)14-11(17-12)10-6-5-9-16-10/h5-6,9H,1-4,7-8H2. The predicted octanol–water partition coefficient (Wildman–Crippen LogP) is 2.68. The van der Waals surface area contributed by atoms with Gasteiger partial charge in [0.25, 0.3) is 5.90 Å². The van der Waals surface area contributed by atoms with Crippen molar-refractivity contribution in [2.24, 2.45) is 4.99 Å². The number of ether oxygens (including phenoxy) is 1. The first-order valence-corrected chi connectivity index (χ1v) is 6.16. The second-order valence-electron chi connectivity index (χ2n) is 4.73. The Kier molecular flexibility index (Phi) is 2.50. The largest absolute Gasteiger partial charge is 0.459 e. The lowest BCUT2D eigenvalue weighted by Gasteiger charge is -2.18. The van der Waals surface area contributed by atoms with Crippen LogP contribution in [-0.4, -0.2) is 17.4 Å². The van der Waals surface area contributed by atoms with Crippen molar-refractivity contribution in [3.05, 3.63) is 24.2 Å². The zero-order valence-corrected chi connectivity index (χ0v) is 9.65. The maximum absolute atomic E-state index is 12.0. The lowest BCUT2D eigenvalue weighted by Crippen LogP contribution is -2.33. The monoisotopic (exact) mass is 233 g/mol. The number of aliphatic imine (C=N–C) groups is 1. The topological polar surface area (TPSA) is 51.8 Å². The van der Waals surface area contributed by atoms with Gasteiger partial charge < -0.3 is 9.15 Å². The SMILES string of the molecule is O=C1OC(c2ccco2)=NC12CCCCCC2. The Morgan fingerprint density at radius 1 is 1.18 bits per heavy atom. The minimum Gasteiger partial charge on any atom is -0.459 e. The number of hydrogen-bond donors (Lipinski definition) is 0. The van der Waals surface area contributed by atoms with Crippen LogP contribution < -0.4 is 0 Å². The van der Waals surface area contributed by atoms with Gasteiger partial charge in [-0.2, -0.15) is 0 Å². The molecule has 0 amide bonds. The zero-order chi connectivity index (χ0) is 11.7. The second kappa shape index (κ2) is 4.02. The van der Waals surface area contributed by atoms with E-state index >= 15 is 0 Å². The molecule has 90 valence electrons. The summed E-state index contributed by atoms with van der Waals surface area (Å²) in [6, 6.07) is 3.53. The molecule has 0 N–H and O–H groups in total. The first-order chi connectivity index (χ1) is 8.30. The molecule has 0 aromatic carbocycles. The summed E-state index contributed by atoms with van der Waals surface area (Å²) in [4.78, 5) is 16.5. The Hall–Kier alpha value is -1.58. The Bertz CT molecular complexity index is 439. The van der Waals surface area contributed by atoms with E-state index in [1.165, 1.54) is 12.8 Å². The van der Waals surface area contributed by atoms with E-state index in [4.69, 9.17) is 9.15 Å². The van der Waals surface area contributed by atoms with Crippen LogP contribution in [0.15, 0.2) is 27.8 Å². The van der Waals surface area contributed by atoms with Crippen molar-refractivity contribution in [3.8, 4) is 0 Å². The number of esters is 1. The molecule has 1 aliphatic carbocycles. The summed E-state index contributed by atoms with van der Waals surface area (Å²) in [5, 5.41) is 0. The van der Waals surface area contributed by atoms with Gasteiger partial charge in [0.05, 0.1) is 6.26 Å². The third-order valence-electron chi connectivity index (χ3n) is 3.55. The molecule has 0 radical (unpaired) electrons. The molecule has 0 bridgehead atoms. The summed E-state index contributed by atoms with van der Waals surface area (Å²) in [5.41, 5.74) is -0.626. The molecule has 4 heteroatoms. The highest BCUT2D eigenvalue weighted by Gasteiger charge is 2.46. The highest BCUT2D eigenvalue weighted by molar-refractivity contribution is 6.06. The van der Waals surface area contributed by atoms with Gasteiger partial charge in [0.2, 0.25) is 0 Å². The summed E-state index contributed by atoms with van der Waals surface area (Å²) in [6.07, 6.45) is 7.62. The molecule has 1 saturated carbocycles. The Morgan fingerprint density at radius 2 is 1.94 bits per heavy atom. The van der Waals surface area contributed by atoms with Crippen LogP contribution in [0.1, 0.15) is 44.3 Å². The van der Waals surface area contributed by atoms with Gasteiger partial charge in [-0.05, 0) is 25.0 Å². The van der Waals surface area contributed by atoms with Gasteiger partial charge in [0.15, 0.2) is 11.3 Å². The highest BCUT2D eigenvalue weighted by Crippen LogP contribution is 2.36. The molecule has 3 rings (SSSR count). The van der Waals surface area contributed by atoms with E-state index in [9.17, 15) is 4.79 Å². The highest BCUT2D eigenvalue weighted by atomic mass is 16.6. The molecule has 0 unspecified atom stereocenters. The average Bonchev–Trinajstić information content (AvgIpc) is 2.86. The summed E-state index contributed by atoms with van der Waals surface area (Å²) < 4.78 is 10.5. The number of cyclic esters (lactones) is 1. The van der Waals surface area contributed by atoms with Gasteiger partial charge in [-0.1, -0.05) is 25.7 Å². The van der Waals surface area contributed by atoms with Gasteiger partial charge >= 0.3 is 5.97 Å². The third kappa shape index (κ3) is 1.77. The van der Waals surface area contributed by atoms with E-state index in [1.807, 2.05) is 0 Å². The summed E-state index contributed by atoms with van der Waals surface area (Å²) in [6.45, 7) is 0. The van der Waals surface area contributed by atoms with E-state index in [0.717, 1.165) is 25.7 Å². The number of carbonyl (C=O) groups is 1. The molecule has 4 nitrogen and oxygen atoms in total. The molecule has 2 aliphatic rings. The van der Waals surface area contributed by atoms with Gasteiger partial charge in [-0.25, -0.2) is 9.79 Å². The van der Waals surface area contributed by atoms with Crippen LogP contribution in [0.5, 0.6) is 0 Å². The molecule has 1 aromatic heterocycles. The van der Waals surface area contributed by atoms with Gasteiger partial charge in [-0.15, -0.1) is 0 Å². The summed E-state index contributed by atoms with van der Waals surface area (Å²) in [7, 11) is 0. The third-order valence-corrected chi connectivity index (χ3v) is 3.55. The van der Waals surface area contributed by atoms with Crippen LogP contribution in [0.25, 0.3) is 0 Å². The van der Waals surface area contributed by atoms with Crippen LogP contribution in [0, 0.1) is 0 Å². The Balaban J connectivity index is 1.92. The molecule has 2 heterocycles. The lowest BCUT2D eigenvalue weighted by atomic mass is 9.92. The molecule has 0 atom stereocenters. The molecular formula is C13H15NO3.